The van der Waals surface area contributed by atoms with Crippen LogP contribution in [0.1, 0.15) is 12.8 Å². The van der Waals surface area contributed by atoms with Gasteiger partial charge in [-0.25, -0.2) is 4.98 Å². The predicted molar refractivity (Wildman–Crippen MR) is 76.3 cm³/mol. The molecule has 4 heteroatoms. The van der Waals surface area contributed by atoms with Crippen molar-refractivity contribution in [1.29, 1.82) is 0 Å². The maximum Gasteiger partial charge on any atom is 0.197 e. The smallest absolute Gasteiger partial charge is 0.197 e. The highest BCUT2D eigenvalue weighted by Gasteiger charge is 2.11. The van der Waals surface area contributed by atoms with Crippen LogP contribution in [-0.2, 0) is 0 Å². The summed E-state index contributed by atoms with van der Waals surface area (Å²) < 4.78 is 0.524. The highest BCUT2D eigenvalue weighted by molar-refractivity contribution is 7.71. The number of nitrogens with zero attached hydrogens (tertiary/aromatic N) is 2. The minimum absolute atomic E-state index is 0.524. The van der Waals surface area contributed by atoms with Gasteiger partial charge >= 0.3 is 0 Å². The molecule has 3 rings (SSSR count). The molecule has 0 aliphatic carbocycles. The molecule has 0 unspecified atom stereocenters. The van der Waals surface area contributed by atoms with Crippen LogP contribution in [0.4, 0.5) is 5.69 Å². The van der Waals surface area contributed by atoms with E-state index in [-0.39, 0.29) is 0 Å². The van der Waals surface area contributed by atoms with Crippen molar-refractivity contribution in [2.75, 3.05) is 18.0 Å². The van der Waals surface area contributed by atoms with Crippen molar-refractivity contribution in [3.8, 4) is 11.3 Å². The van der Waals surface area contributed by atoms with E-state index in [9.17, 15) is 0 Å². The molecule has 3 nitrogen and oxygen atoms in total. The number of anilines is 1. The average Bonchev–Trinajstić information content (AvgIpc) is 2.93. The fourth-order valence-electron chi connectivity index (χ4n) is 2.36. The van der Waals surface area contributed by atoms with E-state index in [1.165, 1.54) is 31.6 Å². The molecular formula is C14H15N3S. The van der Waals surface area contributed by atoms with Gasteiger partial charge in [-0.15, -0.1) is 0 Å². The largest absolute Gasteiger partial charge is 0.372 e. The van der Waals surface area contributed by atoms with Crippen LogP contribution in [-0.4, -0.2) is 23.1 Å². The summed E-state index contributed by atoms with van der Waals surface area (Å²) in [5, 5.41) is 0. The molecule has 1 aliphatic rings. The van der Waals surface area contributed by atoms with Crippen molar-refractivity contribution in [3.05, 3.63) is 41.3 Å². The standard InChI is InChI=1S/C14H15N3S/c18-14-15-8-7-13(16-14)11-3-5-12(6-4-11)17-9-1-2-10-17/h3-8H,1-2,9-10H2,(H,15,16,18). The molecule has 2 aromatic rings. The normalized spacial score (nSPS) is 15.0. The zero-order chi connectivity index (χ0) is 12.4. The Hall–Kier alpha value is -1.68. The SMILES string of the molecule is S=c1nccc(-c2ccc(N3CCCC3)cc2)[nH]1. The van der Waals surface area contributed by atoms with Crippen molar-refractivity contribution in [3.63, 3.8) is 0 Å². The third kappa shape index (κ3) is 2.29. The van der Waals surface area contributed by atoms with Crippen LogP contribution in [0.2, 0.25) is 0 Å². The first-order valence-corrected chi connectivity index (χ1v) is 6.64. The van der Waals surface area contributed by atoms with Crippen LogP contribution in [0, 0.1) is 4.77 Å². The summed E-state index contributed by atoms with van der Waals surface area (Å²) in [4.78, 5) is 9.53. The quantitative estimate of drug-likeness (QED) is 0.837. The van der Waals surface area contributed by atoms with Crippen LogP contribution in [0.5, 0.6) is 0 Å². The Morgan fingerprint density at radius 3 is 2.44 bits per heavy atom. The molecule has 0 saturated carbocycles. The summed E-state index contributed by atoms with van der Waals surface area (Å²) >= 11 is 5.04. The lowest BCUT2D eigenvalue weighted by atomic mass is 10.1. The van der Waals surface area contributed by atoms with Crippen LogP contribution in [0.25, 0.3) is 11.3 Å². The number of benzene rings is 1. The van der Waals surface area contributed by atoms with Gasteiger partial charge in [0.05, 0.1) is 0 Å². The first kappa shape index (κ1) is 11.4. The van der Waals surface area contributed by atoms with Crippen LogP contribution in [0.3, 0.4) is 0 Å². The van der Waals surface area contributed by atoms with Crippen LogP contribution < -0.4 is 4.90 Å². The van der Waals surface area contributed by atoms with Gasteiger partial charge in [0.2, 0.25) is 0 Å². The maximum atomic E-state index is 5.04. The molecule has 0 amide bonds. The summed E-state index contributed by atoms with van der Waals surface area (Å²) in [6.45, 7) is 2.36. The van der Waals surface area contributed by atoms with E-state index in [0.717, 1.165) is 11.3 Å². The minimum atomic E-state index is 0.524. The van der Waals surface area contributed by atoms with Crippen molar-refractivity contribution >= 4 is 17.9 Å². The topological polar surface area (TPSA) is 31.9 Å². The molecule has 0 bridgehead atoms. The number of H-pyrrole nitrogens is 1. The van der Waals surface area contributed by atoms with Gasteiger partial charge in [-0.2, -0.15) is 0 Å². The maximum absolute atomic E-state index is 5.04. The van der Waals surface area contributed by atoms with Gasteiger partial charge in [-0.05, 0) is 48.8 Å². The van der Waals surface area contributed by atoms with Crippen molar-refractivity contribution in [2.45, 2.75) is 12.8 Å². The number of hydrogen-bond acceptors (Lipinski definition) is 3. The molecule has 1 aliphatic heterocycles. The van der Waals surface area contributed by atoms with Crippen molar-refractivity contribution in [2.24, 2.45) is 0 Å². The van der Waals surface area contributed by atoms with E-state index >= 15 is 0 Å². The lowest BCUT2D eigenvalue weighted by molar-refractivity contribution is 0.949. The first-order chi connectivity index (χ1) is 8.83. The highest BCUT2D eigenvalue weighted by atomic mass is 32.1. The van der Waals surface area contributed by atoms with E-state index in [0.29, 0.717) is 4.77 Å². The zero-order valence-electron chi connectivity index (χ0n) is 10.1. The van der Waals surface area contributed by atoms with E-state index in [4.69, 9.17) is 12.2 Å². The number of hydrogen-bond donors (Lipinski definition) is 1. The van der Waals surface area contributed by atoms with Crippen LogP contribution in [0.15, 0.2) is 36.5 Å². The summed E-state index contributed by atoms with van der Waals surface area (Å²) in [6, 6.07) is 10.6. The Morgan fingerprint density at radius 2 is 1.78 bits per heavy atom. The van der Waals surface area contributed by atoms with Gasteiger partial charge in [-0.1, -0.05) is 12.1 Å². The fourth-order valence-corrected chi connectivity index (χ4v) is 2.53. The number of aromatic nitrogens is 2. The first-order valence-electron chi connectivity index (χ1n) is 6.24. The van der Waals surface area contributed by atoms with Crippen molar-refractivity contribution in [1.82, 2.24) is 9.97 Å². The van der Waals surface area contributed by atoms with Gasteiger partial charge in [0, 0.05) is 30.7 Å². The Kier molecular flexibility index (Phi) is 3.11. The number of aromatic amines is 1. The molecule has 1 aromatic heterocycles. The molecule has 0 atom stereocenters. The van der Waals surface area contributed by atoms with Gasteiger partial charge in [0.15, 0.2) is 4.77 Å². The highest BCUT2D eigenvalue weighted by Crippen LogP contribution is 2.23. The second-order valence-corrected chi connectivity index (χ2v) is 4.92. The van der Waals surface area contributed by atoms with Gasteiger partial charge in [0.25, 0.3) is 0 Å². The molecule has 1 aromatic carbocycles. The second-order valence-electron chi connectivity index (χ2n) is 4.53. The summed E-state index contributed by atoms with van der Waals surface area (Å²) in [5.41, 5.74) is 3.47. The number of rotatable bonds is 2. The summed E-state index contributed by atoms with van der Waals surface area (Å²) in [7, 11) is 0. The van der Waals surface area contributed by atoms with Gasteiger partial charge in [0.1, 0.15) is 0 Å². The minimum Gasteiger partial charge on any atom is -0.372 e. The molecule has 92 valence electrons. The predicted octanol–water partition coefficient (Wildman–Crippen LogP) is 3.41. The Morgan fingerprint density at radius 1 is 1.06 bits per heavy atom. The fraction of sp³-hybridized carbons (Fsp3) is 0.286. The Bertz CT molecular complexity index is 582. The lowest BCUT2D eigenvalue weighted by Crippen LogP contribution is -2.17. The van der Waals surface area contributed by atoms with Gasteiger partial charge < -0.3 is 9.88 Å². The molecule has 2 heterocycles. The van der Waals surface area contributed by atoms with E-state index in [1.54, 1.807) is 6.20 Å². The third-order valence-electron chi connectivity index (χ3n) is 3.32. The molecular weight excluding hydrogens is 242 g/mol. The van der Waals surface area contributed by atoms with E-state index < -0.39 is 0 Å². The van der Waals surface area contributed by atoms with Crippen molar-refractivity contribution < 1.29 is 0 Å². The lowest BCUT2D eigenvalue weighted by Gasteiger charge is -2.17. The average molecular weight is 257 g/mol. The molecule has 1 N–H and O–H groups in total. The number of nitrogens with one attached hydrogen (secondary N) is 1. The van der Waals surface area contributed by atoms with E-state index in [2.05, 4.69) is 39.1 Å². The molecule has 18 heavy (non-hydrogen) atoms. The third-order valence-corrected chi connectivity index (χ3v) is 3.53. The molecule has 0 radical (unpaired) electrons. The molecule has 0 spiro atoms. The van der Waals surface area contributed by atoms with Crippen LogP contribution >= 0.6 is 12.2 Å². The summed E-state index contributed by atoms with van der Waals surface area (Å²) in [6.07, 6.45) is 4.35. The van der Waals surface area contributed by atoms with E-state index in [1.807, 2.05) is 6.07 Å². The Balaban J connectivity index is 1.88. The second kappa shape index (κ2) is 4.90. The van der Waals surface area contributed by atoms with Gasteiger partial charge in [-0.3, -0.25) is 0 Å². The summed E-state index contributed by atoms with van der Waals surface area (Å²) in [5.74, 6) is 0. The molecule has 1 saturated heterocycles. The molecule has 1 fully saturated rings. The monoisotopic (exact) mass is 257 g/mol. The Labute approximate surface area is 112 Å². The zero-order valence-corrected chi connectivity index (χ0v) is 10.9.